The first-order valence-corrected chi connectivity index (χ1v) is 14.9. The molecular formula is C34H35N5O5. The number of aromatic nitrogens is 3. The van der Waals surface area contributed by atoms with Crippen LogP contribution < -0.4 is 10.5 Å². The lowest BCUT2D eigenvalue weighted by atomic mass is 9.97. The zero-order chi connectivity index (χ0) is 30.6. The largest absolute Gasteiger partial charge is 0.487 e. The molecule has 3 heterocycles. The van der Waals surface area contributed by atoms with E-state index in [4.69, 9.17) is 25.0 Å². The van der Waals surface area contributed by atoms with Gasteiger partial charge in [0.2, 0.25) is 0 Å². The van der Waals surface area contributed by atoms with Gasteiger partial charge < -0.3 is 24.8 Å². The highest BCUT2D eigenvalue weighted by molar-refractivity contribution is 6.02. The van der Waals surface area contributed by atoms with Crippen molar-refractivity contribution in [2.75, 3.05) is 32.0 Å². The first kappa shape index (κ1) is 29.0. The summed E-state index contributed by atoms with van der Waals surface area (Å²) in [6.45, 7) is 5.55. The van der Waals surface area contributed by atoms with Crippen LogP contribution in [0.3, 0.4) is 0 Å². The van der Waals surface area contributed by atoms with Crippen molar-refractivity contribution in [2.45, 2.75) is 39.3 Å². The first-order chi connectivity index (χ1) is 21.5. The minimum atomic E-state index is -0.305. The molecule has 1 amide bonds. The van der Waals surface area contributed by atoms with Crippen LogP contribution in [0.5, 0.6) is 5.75 Å². The summed E-state index contributed by atoms with van der Waals surface area (Å²) in [5.41, 5.74) is 10.7. The van der Waals surface area contributed by atoms with E-state index in [1.54, 1.807) is 18.0 Å². The van der Waals surface area contributed by atoms with Gasteiger partial charge in [-0.1, -0.05) is 42.5 Å². The molecular weight excluding hydrogens is 558 g/mol. The van der Waals surface area contributed by atoms with Gasteiger partial charge in [0.05, 0.1) is 31.2 Å². The Balaban J connectivity index is 1.38. The molecule has 0 unspecified atom stereocenters. The zero-order valence-electron chi connectivity index (χ0n) is 24.9. The highest BCUT2D eigenvalue weighted by atomic mass is 16.6. The Kier molecular flexibility index (Phi) is 8.31. The van der Waals surface area contributed by atoms with Gasteiger partial charge in [-0.15, -0.1) is 0 Å². The molecule has 1 aliphatic heterocycles. The molecule has 1 saturated heterocycles. The van der Waals surface area contributed by atoms with Gasteiger partial charge in [-0.25, -0.2) is 9.78 Å². The normalized spacial score (nSPS) is 14.7. The summed E-state index contributed by atoms with van der Waals surface area (Å²) in [4.78, 5) is 30.6. The smallest absolute Gasteiger partial charge is 0.409 e. The number of para-hydroxylation sites is 1. The van der Waals surface area contributed by atoms with Crippen molar-refractivity contribution in [3.63, 3.8) is 0 Å². The summed E-state index contributed by atoms with van der Waals surface area (Å²) in [7, 11) is 0. The van der Waals surface area contributed by atoms with Crippen LogP contribution in [0.15, 0.2) is 72.9 Å². The van der Waals surface area contributed by atoms with Crippen LogP contribution in [0.25, 0.3) is 32.8 Å². The van der Waals surface area contributed by atoms with Gasteiger partial charge in [0, 0.05) is 35.6 Å². The van der Waals surface area contributed by atoms with Gasteiger partial charge in [0.15, 0.2) is 0 Å². The molecule has 6 rings (SSSR count). The number of nitrogens with zero attached hydrogens (tertiary/aromatic N) is 4. The molecule has 2 aromatic heterocycles. The Hall–Kier alpha value is -5.12. The SMILES string of the molecule is CCOC(=O)Cc1ccccc1OCc1nn([C@@H]2CCN(C(=O)OCC)C2)c2ccc(-c3cccc4c(N)nccc34)cc12. The summed E-state index contributed by atoms with van der Waals surface area (Å²) in [6, 6.07) is 21.7. The number of carbonyl (C=O) groups excluding carboxylic acids is 2. The number of nitrogen functional groups attached to an aromatic ring is 1. The van der Waals surface area contributed by atoms with Crippen molar-refractivity contribution in [2.24, 2.45) is 0 Å². The quantitative estimate of drug-likeness (QED) is 0.209. The summed E-state index contributed by atoms with van der Waals surface area (Å²) in [5.74, 6) is 0.785. The minimum absolute atomic E-state index is 0.0129. The molecule has 10 nitrogen and oxygen atoms in total. The second kappa shape index (κ2) is 12.6. The number of benzene rings is 3. The van der Waals surface area contributed by atoms with Crippen LogP contribution in [0.4, 0.5) is 10.6 Å². The predicted octanol–water partition coefficient (Wildman–Crippen LogP) is 5.92. The van der Waals surface area contributed by atoms with Gasteiger partial charge in [-0.2, -0.15) is 5.10 Å². The molecule has 3 aromatic carbocycles. The third kappa shape index (κ3) is 5.75. The summed E-state index contributed by atoms with van der Waals surface area (Å²) < 4.78 is 18.7. The number of pyridine rings is 1. The van der Waals surface area contributed by atoms with Gasteiger partial charge in [0.1, 0.15) is 23.9 Å². The van der Waals surface area contributed by atoms with Gasteiger partial charge >= 0.3 is 12.1 Å². The molecule has 44 heavy (non-hydrogen) atoms. The fraction of sp³-hybridized carbons (Fsp3) is 0.294. The van der Waals surface area contributed by atoms with Crippen LogP contribution in [-0.2, 0) is 27.3 Å². The lowest BCUT2D eigenvalue weighted by molar-refractivity contribution is -0.142. The second-order valence-corrected chi connectivity index (χ2v) is 10.7. The number of fused-ring (bicyclic) bond motifs is 2. The van der Waals surface area contributed by atoms with Crippen molar-refractivity contribution in [1.82, 2.24) is 19.7 Å². The maximum atomic E-state index is 12.4. The Labute approximate surface area is 255 Å². The molecule has 2 N–H and O–H groups in total. The van der Waals surface area contributed by atoms with Crippen molar-refractivity contribution in [3.8, 4) is 16.9 Å². The molecule has 0 radical (unpaired) electrons. The molecule has 10 heteroatoms. The van der Waals surface area contributed by atoms with Crippen LogP contribution in [0.2, 0.25) is 0 Å². The molecule has 1 fully saturated rings. The number of nitrogens with two attached hydrogens (primary N) is 1. The average Bonchev–Trinajstić information content (AvgIpc) is 3.66. The Morgan fingerprint density at radius 2 is 1.80 bits per heavy atom. The van der Waals surface area contributed by atoms with E-state index in [1.807, 2.05) is 54.1 Å². The van der Waals surface area contributed by atoms with Crippen molar-refractivity contribution < 1.29 is 23.8 Å². The number of esters is 1. The number of amides is 1. The maximum absolute atomic E-state index is 12.4. The number of rotatable bonds is 9. The number of hydrogen-bond acceptors (Lipinski definition) is 8. The highest BCUT2D eigenvalue weighted by Crippen LogP contribution is 2.35. The van der Waals surface area contributed by atoms with Crippen LogP contribution in [0, 0.1) is 0 Å². The molecule has 5 aromatic rings. The first-order valence-electron chi connectivity index (χ1n) is 14.9. The van der Waals surface area contributed by atoms with Gasteiger partial charge in [-0.3, -0.25) is 9.48 Å². The maximum Gasteiger partial charge on any atom is 0.409 e. The van der Waals surface area contributed by atoms with Gasteiger partial charge in [0.25, 0.3) is 0 Å². The number of carbonyl (C=O) groups is 2. The average molecular weight is 594 g/mol. The van der Waals surface area contributed by atoms with E-state index < -0.39 is 0 Å². The molecule has 1 atom stereocenters. The molecule has 226 valence electrons. The fourth-order valence-corrected chi connectivity index (χ4v) is 5.87. The summed E-state index contributed by atoms with van der Waals surface area (Å²) in [6.07, 6.45) is 2.30. The Morgan fingerprint density at radius 3 is 2.64 bits per heavy atom. The summed E-state index contributed by atoms with van der Waals surface area (Å²) in [5, 5.41) is 7.90. The lowest BCUT2D eigenvalue weighted by Gasteiger charge is -2.16. The Bertz CT molecular complexity index is 1830. The monoisotopic (exact) mass is 593 g/mol. The molecule has 1 aliphatic rings. The third-order valence-corrected chi connectivity index (χ3v) is 7.94. The zero-order valence-corrected chi connectivity index (χ0v) is 24.9. The third-order valence-electron chi connectivity index (χ3n) is 7.94. The number of anilines is 1. The van der Waals surface area contributed by atoms with Crippen LogP contribution in [0.1, 0.15) is 37.6 Å². The van der Waals surface area contributed by atoms with E-state index in [0.717, 1.165) is 50.5 Å². The lowest BCUT2D eigenvalue weighted by Crippen LogP contribution is -2.29. The van der Waals surface area contributed by atoms with E-state index in [9.17, 15) is 9.59 Å². The summed E-state index contributed by atoms with van der Waals surface area (Å²) >= 11 is 0. The predicted molar refractivity (Wildman–Crippen MR) is 168 cm³/mol. The van der Waals surface area contributed by atoms with E-state index >= 15 is 0 Å². The minimum Gasteiger partial charge on any atom is -0.487 e. The molecule has 0 bridgehead atoms. The number of hydrogen-bond donors (Lipinski definition) is 1. The van der Waals surface area contributed by atoms with Crippen LogP contribution >= 0.6 is 0 Å². The van der Waals surface area contributed by atoms with Gasteiger partial charge in [-0.05, 0) is 61.0 Å². The number of ether oxygens (including phenoxy) is 3. The standard InChI is InChI=1S/C34H35N5O5/c1-3-42-32(40)19-23-8-5-6-11-31(23)44-21-29-28-18-22(25-9-7-10-27-26(25)14-16-36-33(27)35)12-13-30(28)39(37-29)24-15-17-38(20-24)34(41)43-4-2/h5-14,16,18,24H,3-4,15,17,19-21H2,1-2H3,(H2,35,36)/t24-/m1/s1. The molecule has 0 aliphatic carbocycles. The van der Waals surface area contributed by atoms with Crippen molar-refractivity contribution >= 4 is 39.6 Å². The highest BCUT2D eigenvalue weighted by Gasteiger charge is 2.30. The molecule has 0 spiro atoms. The Morgan fingerprint density at radius 1 is 0.955 bits per heavy atom. The van der Waals surface area contributed by atoms with Crippen molar-refractivity contribution in [1.29, 1.82) is 0 Å². The van der Waals surface area contributed by atoms with Crippen LogP contribution in [-0.4, -0.2) is 58.0 Å². The van der Waals surface area contributed by atoms with E-state index in [1.165, 1.54) is 0 Å². The van der Waals surface area contributed by atoms with E-state index in [2.05, 4.69) is 29.2 Å². The topological polar surface area (TPSA) is 122 Å². The van der Waals surface area contributed by atoms with E-state index in [-0.39, 0.29) is 31.1 Å². The van der Waals surface area contributed by atoms with Crippen molar-refractivity contribution in [3.05, 3.63) is 84.2 Å². The molecule has 0 saturated carbocycles. The number of likely N-dealkylation sites (tertiary alicyclic amines) is 1. The second-order valence-electron chi connectivity index (χ2n) is 10.7. The van der Waals surface area contributed by atoms with E-state index in [0.29, 0.717) is 37.9 Å². The fourth-order valence-electron chi connectivity index (χ4n) is 5.87.